The number of allylic oxidation sites excluding steroid dienone is 2. The van der Waals surface area contributed by atoms with E-state index in [2.05, 4.69) is 12.2 Å². The van der Waals surface area contributed by atoms with E-state index >= 15 is 0 Å². The average molecular weight is 270 g/mol. The lowest BCUT2D eigenvalue weighted by atomic mass is 9.91. The molecule has 0 aliphatic heterocycles. The fourth-order valence-electron chi connectivity index (χ4n) is 2.70. The van der Waals surface area contributed by atoms with Crippen molar-refractivity contribution in [2.24, 2.45) is 0 Å². The Balaban J connectivity index is 2.22. The van der Waals surface area contributed by atoms with Gasteiger partial charge in [-0.3, -0.25) is 0 Å². The third-order valence-electron chi connectivity index (χ3n) is 3.63. The Morgan fingerprint density at radius 1 is 1.10 bits per heavy atom. The first-order valence-electron chi connectivity index (χ1n) is 6.89. The Morgan fingerprint density at radius 2 is 1.75 bits per heavy atom. The molecule has 0 bridgehead atoms. The van der Waals surface area contributed by atoms with Crippen LogP contribution < -0.4 is 4.74 Å². The fourth-order valence-corrected chi connectivity index (χ4v) is 2.70. The second-order valence-electron chi connectivity index (χ2n) is 5.22. The molecule has 3 nitrogen and oxygen atoms in total. The molecule has 1 unspecified atom stereocenters. The van der Waals surface area contributed by atoms with Crippen molar-refractivity contribution in [3.05, 3.63) is 47.5 Å². The van der Waals surface area contributed by atoms with Gasteiger partial charge < -0.3 is 14.9 Å². The Morgan fingerprint density at radius 3 is 2.45 bits per heavy atom. The van der Waals surface area contributed by atoms with Crippen LogP contribution in [0, 0.1) is 0 Å². The minimum atomic E-state index is -0.516. The van der Waals surface area contributed by atoms with Crippen molar-refractivity contribution in [1.82, 2.24) is 0 Å². The molecule has 0 fully saturated rings. The zero-order valence-corrected chi connectivity index (χ0v) is 11.5. The van der Waals surface area contributed by atoms with Gasteiger partial charge in [-0.05, 0) is 19.8 Å². The van der Waals surface area contributed by atoms with E-state index in [0.717, 1.165) is 40.5 Å². The van der Waals surface area contributed by atoms with Gasteiger partial charge in [-0.15, -0.1) is 0 Å². The summed E-state index contributed by atoms with van der Waals surface area (Å²) in [5, 5.41) is 21.6. The summed E-state index contributed by atoms with van der Waals surface area (Å²) in [5.74, 6) is 1.14. The topological polar surface area (TPSA) is 49.7 Å². The number of phenolic OH excluding ortho intramolecular Hbond substituents is 1. The van der Waals surface area contributed by atoms with E-state index in [1.165, 1.54) is 0 Å². The number of rotatable bonds is 3. The summed E-state index contributed by atoms with van der Waals surface area (Å²) in [7, 11) is 0. The van der Waals surface area contributed by atoms with Crippen LogP contribution in [0.3, 0.4) is 0 Å². The lowest BCUT2D eigenvalue weighted by Gasteiger charge is -2.21. The van der Waals surface area contributed by atoms with Crippen molar-refractivity contribution in [2.45, 2.75) is 25.9 Å². The zero-order valence-electron chi connectivity index (χ0n) is 11.5. The first-order chi connectivity index (χ1) is 9.68. The first-order valence-corrected chi connectivity index (χ1v) is 6.89. The third-order valence-corrected chi connectivity index (χ3v) is 3.63. The lowest BCUT2D eigenvalue weighted by molar-refractivity contribution is 0.123. The van der Waals surface area contributed by atoms with E-state index in [9.17, 15) is 10.2 Å². The molecule has 20 heavy (non-hydrogen) atoms. The molecule has 0 saturated heterocycles. The molecule has 0 amide bonds. The van der Waals surface area contributed by atoms with Gasteiger partial charge in [0.25, 0.3) is 0 Å². The number of aromatic hydroxyl groups is 1. The number of hydrogen-bond acceptors (Lipinski definition) is 3. The summed E-state index contributed by atoms with van der Waals surface area (Å²) in [6.45, 7) is 1.96. The predicted molar refractivity (Wildman–Crippen MR) is 79.3 cm³/mol. The van der Waals surface area contributed by atoms with Crippen LogP contribution >= 0.6 is 0 Å². The van der Waals surface area contributed by atoms with Gasteiger partial charge in [0.05, 0.1) is 6.10 Å². The van der Waals surface area contributed by atoms with E-state index < -0.39 is 6.10 Å². The Bertz CT molecular complexity index is 671. The van der Waals surface area contributed by atoms with Gasteiger partial charge >= 0.3 is 0 Å². The van der Waals surface area contributed by atoms with Crippen molar-refractivity contribution < 1.29 is 14.9 Å². The van der Waals surface area contributed by atoms with Gasteiger partial charge in [-0.1, -0.05) is 36.4 Å². The number of aliphatic hydroxyl groups is 1. The number of fused-ring (bicyclic) bond motifs is 2. The second-order valence-corrected chi connectivity index (χ2v) is 5.22. The molecular weight excluding hydrogens is 252 g/mol. The minimum Gasteiger partial charge on any atom is -0.507 e. The highest BCUT2D eigenvalue weighted by atomic mass is 16.5. The van der Waals surface area contributed by atoms with Gasteiger partial charge in [0, 0.05) is 21.9 Å². The zero-order chi connectivity index (χ0) is 14.1. The molecule has 1 aliphatic rings. The molecule has 2 aromatic rings. The Kier molecular flexibility index (Phi) is 3.36. The Labute approximate surface area is 118 Å². The number of aliphatic hydroxyl groups excluding tert-OH is 1. The van der Waals surface area contributed by atoms with Gasteiger partial charge in [-0.25, -0.2) is 0 Å². The first kappa shape index (κ1) is 13.0. The predicted octanol–water partition coefficient (Wildman–Crippen LogP) is 2.96. The lowest BCUT2D eigenvalue weighted by Crippen LogP contribution is -2.15. The maximum absolute atomic E-state index is 10.5. The van der Waals surface area contributed by atoms with Crippen molar-refractivity contribution >= 4 is 10.8 Å². The highest BCUT2D eigenvalue weighted by molar-refractivity contribution is 5.96. The van der Waals surface area contributed by atoms with Crippen LogP contribution in [0.25, 0.3) is 10.8 Å². The maximum Gasteiger partial charge on any atom is 0.131 e. The normalized spacial score (nSPS) is 15.1. The van der Waals surface area contributed by atoms with Crippen LogP contribution in [0.15, 0.2) is 36.4 Å². The molecule has 3 rings (SSSR count). The minimum absolute atomic E-state index is 0.255. The highest BCUT2D eigenvalue weighted by Crippen LogP contribution is 2.42. The standard InChI is InChI=1S/C17H18O3/c1-11(18)10-20-17-14-8-4-2-6-12(14)16(19)13-7-3-5-9-15(13)17/h2-6,8,11,18-19H,7,9-10H2,1H3. The summed E-state index contributed by atoms with van der Waals surface area (Å²) in [5.41, 5.74) is 1.97. The number of ether oxygens (including phenoxy) is 1. The summed E-state index contributed by atoms with van der Waals surface area (Å²) in [6, 6.07) is 7.69. The molecule has 0 spiro atoms. The smallest absolute Gasteiger partial charge is 0.131 e. The Hall–Kier alpha value is -2.00. The molecule has 3 heteroatoms. The molecule has 2 N–H and O–H groups in total. The number of phenols is 1. The molecule has 0 heterocycles. The molecule has 0 saturated carbocycles. The largest absolute Gasteiger partial charge is 0.507 e. The maximum atomic E-state index is 10.5. The van der Waals surface area contributed by atoms with Crippen molar-refractivity contribution in [1.29, 1.82) is 0 Å². The van der Waals surface area contributed by atoms with E-state index in [4.69, 9.17) is 4.74 Å². The van der Waals surface area contributed by atoms with E-state index in [1.807, 2.05) is 24.3 Å². The van der Waals surface area contributed by atoms with Crippen LogP contribution in [-0.2, 0) is 12.8 Å². The molecule has 2 aromatic carbocycles. The van der Waals surface area contributed by atoms with Crippen LogP contribution in [0.5, 0.6) is 11.5 Å². The van der Waals surface area contributed by atoms with Crippen LogP contribution in [-0.4, -0.2) is 22.9 Å². The second kappa shape index (κ2) is 5.17. The SMILES string of the molecule is CC(O)COc1c2c(c(O)c3ccccc13)CC=CC2. The number of hydrogen-bond donors (Lipinski definition) is 2. The van der Waals surface area contributed by atoms with Crippen LogP contribution in [0.4, 0.5) is 0 Å². The highest BCUT2D eigenvalue weighted by Gasteiger charge is 2.20. The quantitative estimate of drug-likeness (QED) is 0.843. The van der Waals surface area contributed by atoms with E-state index in [1.54, 1.807) is 6.92 Å². The molecule has 1 aliphatic carbocycles. The summed E-state index contributed by atoms with van der Waals surface area (Å²) < 4.78 is 5.84. The van der Waals surface area contributed by atoms with Gasteiger partial charge in [0.2, 0.25) is 0 Å². The summed E-state index contributed by atoms with van der Waals surface area (Å²) in [4.78, 5) is 0. The van der Waals surface area contributed by atoms with Gasteiger partial charge in [0.1, 0.15) is 18.1 Å². The van der Waals surface area contributed by atoms with Crippen molar-refractivity contribution in [2.75, 3.05) is 6.61 Å². The molecule has 0 radical (unpaired) electrons. The monoisotopic (exact) mass is 270 g/mol. The average Bonchev–Trinajstić information content (AvgIpc) is 2.47. The van der Waals surface area contributed by atoms with Gasteiger partial charge in [-0.2, -0.15) is 0 Å². The van der Waals surface area contributed by atoms with Crippen LogP contribution in [0.1, 0.15) is 18.1 Å². The third kappa shape index (κ3) is 2.14. The molecule has 0 aromatic heterocycles. The van der Waals surface area contributed by atoms with Crippen LogP contribution in [0.2, 0.25) is 0 Å². The molecule has 104 valence electrons. The van der Waals surface area contributed by atoms with Crippen molar-refractivity contribution in [3.63, 3.8) is 0 Å². The fraction of sp³-hybridized carbons (Fsp3) is 0.294. The number of benzene rings is 2. The van der Waals surface area contributed by atoms with Gasteiger partial charge in [0.15, 0.2) is 0 Å². The van der Waals surface area contributed by atoms with E-state index in [-0.39, 0.29) is 6.61 Å². The van der Waals surface area contributed by atoms with Crippen molar-refractivity contribution in [3.8, 4) is 11.5 Å². The molecular formula is C17H18O3. The van der Waals surface area contributed by atoms with E-state index in [0.29, 0.717) is 5.75 Å². The molecule has 1 atom stereocenters. The summed E-state index contributed by atoms with van der Waals surface area (Å²) >= 11 is 0. The summed E-state index contributed by atoms with van der Waals surface area (Å²) in [6.07, 6.45) is 5.11.